The van der Waals surface area contributed by atoms with E-state index in [9.17, 15) is 14.3 Å². The van der Waals surface area contributed by atoms with Crippen molar-refractivity contribution in [2.24, 2.45) is 0 Å². The number of hydrogen-bond acceptors (Lipinski definition) is 3. The summed E-state index contributed by atoms with van der Waals surface area (Å²) in [6.45, 7) is 1.86. The Hall–Kier alpha value is -1.07. The van der Waals surface area contributed by atoms with Crippen LogP contribution >= 0.6 is 11.8 Å². The molecule has 0 fully saturated rings. The van der Waals surface area contributed by atoms with Crippen LogP contribution in [0.3, 0.4) is 0 Å². The predicted octanol–water partition coefficient (Wildman–Crippen LogP) is 2.90. The van der Waals surface area contributed by atoms with Crippen LogP contribution in [-0.4, -0.2) is 29.1 Å². The molecule has 1 aromatic rings. The van der Waals surface area contributed by atoms with Gasteiger partial charge in [0.25, 0.3) is 0 Å². The number of benzene rings is 1. The highest BCUT2D eigenvalue weighted by molar-refractivity contribution is 7.98. The molecular weight excluding hydrogens is 277 g/mol. The van der Waals surface area contributed by atoms with Gasteiger partial charge < -0.3 is 10.4 Å². The molecule has 0 aliphatic carbocycles. The molecule has 0 radical (unpaired) electrons. The fourth-order valence-corrected chi connectivity index (χ4v) is 2.37. The molecule has 3 nitrogen and oxygen atoms in total. The Morgan fingerprint density at radius 1 is 1.40 bits per heavy atom. The number of aliphatic hydroxyl groups is 1. The molecule has 0 heterocycles. The highest BCUT2D eigenvalue weighted by Gasteiger charge is 2.14. The van der Waals surface area contributed by atoms with E-state index in [4.69, 9.17) is 0 Å². The largest absolute Gasteiger partial charge is 0.388 e. The first-order valence-electron chi connectivity index (χ1n) is 6.74. The minimum atomic E-state index is -0.697. The highest BCUT2D eigenvalue weighted by atomic mass is 32.2. The van der Waals surface area contributed by atoms with E-state index in [2.05, 4.69) is 5.32 Å². The minimum Gasteiger partial charge on any atom is -0.388 e. The summed E-state index contributed by atoms with van der Waals surface area (Å²) in [5, 5.41) is 12.9. The van der Waals surface area contributed by atoms with E-state index < -0.39 is 6.10 Å². The molecule has 2 unspecified atom stereocenters. The van der Waals surface area contributed by atoms with Crippen molar-refractivity contribution in [1.29, 1.82) is 0 Å². The van der Waals surface area contributed by atoms with Gasteiger partial charge in [0, 0.05) is 12.5 Å². The first-order chi connectivity index (χ1) is 9.52. The van der Waals surface area contributed by atoms with Crippen LogP contribution in [0.15, 0.2) is 24.3 Å². The van der Waals surface area contributed by atoms with Crippen molar-refractivity contribution in [3.05, 3.63) is 35.6 Å². The molecule has 1 rings (SSSR count). The van der Waals surface area contributed by atoms with Crippen molar-refractivity contribution in [2.75, 3.05) is 12.0 Å². The third kappa shape index (κ3) is 6.39. The fourth-order valence-electron chi connectivity index (χ4n) is 1.94. The Labute approximate surface area is 124 Å². The van der Waals surface area contributed by atoms with E-state index >= 15 is 0 Å². The maximum Gasteiger partial charge on any atom is 0.220 e. The van der Waals surface area contributed by atoms with Crippen LogP contribution in [-0.2, 0) is 4.79 Å². The Kier molecular flexibility index (Phi) is 7.62. The van der Waals surface area contributed by atoms with Crippen LogP contribution in [0.25, 0.3) is 0 Å². The first-order valence-corrected chi connectivity index (χ1v) is 8.14. The summed E-state index contributed by atoms with van der Waals surface area (Å²) in [5.41, 5.74) is 0.662. The molecule has 0 saturated heterocycles. The van der Waals surface area contributed by atoms with Crippen molar-refractivity contribution in [3.8, 4) is 0 Å². The van der Waals surface area contributed by atoms with Crippen LogP contribution < -0.4 is 5.32 Å². The summed E-state index contributed by atoms with van der Waals surface area (Å²) in [6.07, 6.45) is 3.11. The van der Waals surface area contributed by atoms with E-state index in [0.717, 1.165) is 12.2 Å². The minimum absolute atomic E-state index is 0.0119. The zero-order valence-electron chi connectivity index (χ0n) is 11.9. The number of thioether (sulfide) groups is 1. The lowest BCUT2D eigenvalue weighted by Crippen LogP contribution is -2.33. The average molecular weight is 299 g/mol. The third-order valence-corrected chi connectivity index (χ3v) is 3.69. The predicted molar refractivity (Wildman–Crippen MR) is 81.2 cm³/mol. The lowest BCUT2D eigenvalue weighted by Gasteiger charge is -2.18. The summed E-state index contributed by atoms with van der Waals surface area (Å²) in [6, 6.07) is 5.66. The number of carbonyl (C=O) groups is 1. The number of aliphatic hydroxyl groups excluding tert-OH is 1. The second kappa shape index (κ2) is 8.97. The number of hydrogen-bond donors (Lipinski definition) is 2. The van der Waals surface area contributed by atoms with E-state index in [1.165, 1.54) is 12.1 Å². The van der Waals surface area contributed by atoms with Gasteiger partial charge in [-0.1, -0.05) is 12.1 Å². The van der Waals surface area contributed by atoms with E-state index in [1.807, 2.05) is 13.2 Å². The fraction of sp³-hybridized carbons (Fsp3) is 0.533. The quantitative estimate of drug-likeness (QED) is 0.726. The lowest BCUT2D eigenvalue weighted by atomic mass is 10.0. The van der Waals surface area contributed by atoms with Gasteiger partial charge in [-0.25, -0.2) is 4.39 Å². The van der Waals surface area contributed by atoms with Gasteiger partial charge in [0.2, 0.25) is 5.91 Å². The van der Waals surface area contributed by atoms with Gasteiger partial charge in [-0.15, -0.1) is 0 Å². The Bertz CT molecular complexity index is 411. The normalized spacial score (nSPS) is 13.8. The lowest BCUT2D eigenvalue weighted by molar-refractivity contribution is -0.121. The zero-order chi connectivity index (χ0) is 15.0. The van der Waals surface area contributed by atoms with Crippen molar-refractivity contribution in [3.63, 3.8) is 0 Å². The summed E-state index contributed by atoms with van der Waals surface area (Å²) in [7, 11) is 0. The molecule has 1 amide bonds. The number of carbonyl (C=O) groups excluding carboxylic acids is 1. The van der Waals surface area contributed by atoms with Gasteiger partial charge >= 0.3 is 0 Å². The van der Waals surface area contributed by atoms with Crippen molar-refractivity contribution < 1.29 is 14.3 Å². The molecule has 5 heteroatoms. The van der Waals surface area contributed by atoms with E-state index in [1.54, 1.807) is 23.9 Å². The summed E-state index contributed by atoms with van der Waals surface area (Å²) in [5.74, 6) is 0.661. The molecule has 20 heavy (non-hydrogen) atoms. The van der Waals surface area contributed by atoms with Crippen LogP contribution in [0.2, 0.25) is 0 Å². The van der Waals surface area contributed by atoms with Gasteiger partial charge in [-0.3, -0.25) is 4.79 Å². The highest BCUT2D eigenvalue weighted by Crippen LogP contribution is 2.18. The number of nitrogens with one attached hydrogen (secondary N) is 1. The maximum absolute atomic E-state index is 12.8. The smallest absolute Gasteiger partial charge is 0.220 e. The number of halogens is 1. The van der Waals surface area contributed by atoms with Gasteiger partial charge in [0.1, 0.15) is 5.82 Å². The first kappa shape index (κ1) is 17.0. The SMILES string of the molecule is CSCCCC(=O)NC(C)CC(O)c1ccc(F)cc1. The van der Waals surface area contributed by atoms with Crippen LogP contribution in [0.1, 0.15) is 37.9 Å². The molecule has 0 saturated carbocycles. The third-order valence-electron chi connectivity index (χ3n) is 2.99. The molecule has 1 aromatic carbocycles. The Morgan fingerprint density at radius 3 is 2.65 bits per heavy atom. The summed E-state index contributed by atoms with van der Waals surface area (Å²) < 4.78 is 12.8. The molecule has 112 valence electrons. The van der Waals surface area contributed by atoms with Gasteiger partial charge in [-0.2, -0.15) is 11.8 Å². The molecule has 0 spiro atoms. The Morgan fingerprint density at radius 2 is 2.05 bits per heavy atom. The second-order valence-corrected chi connectivity index (χ2v) is 5.85. The van der Waals surface area contributed by atoms with Crippen LogP contribution in [0.5, 0.6) is 0 Å². The molecule has 0 aliphatic heterocycles. The van der Waals surface area contributed by atoms with Gasteiger partial charge in [0.15, 0.2) is 0 Å². The Balaban J connectivity index is 2.35. The van der Waals surface area contributed by atoms with E-state index in [0.29, 0.717) is 18.4 Å². The van der Waals surface area contributed by atoms with Gasteiger partial charge in [-0.05, 0) is 49.5 Å². The van der Waals surface area contributed by atoms with Gasteiger partial charge in [0.05, 0.1) is 6.10 Å². The molecule has 0 aromatic heterocycles. The van der Waals surface area contributed by atoms with Crippen molar-refractivity contribution in [2.45, 2.75) is 38.3 Å². The number of amides is 1. The van der Waals surface area contributed by atoms with Crippen LogP contribution in [0, 0.1) is 5.82 Å². The van der Waals surface area contributed by atoms with Crippen molar-refractivity contribution in [1.82, 2.24) is 5.32 Å². The summed E-state index contributed by atoms with van der Waals surface area (Å²) >= 11 is 1.72. The van der Waals surface area contributed by atoms with Crippen LogP contribution in [0.4, 0.5) is 4.39 Å². The van der Waals surface area contributed by atoms with Crippen molar-refractivity contribution >= 4 is 17.7 Å². The zero-order valence-corrected chi connectivity index (χ0v) is 12.8. The van der Waals surface area contributed by atoms with E-state index in [-0.39, 0.29) is 17.8 Å². The average Bonchev–Trinajstić information content (AvgIpc) is 2.39. The molecule has 0 aliphatic rings. The molecular formula is C15H22FNO2S. The number of rotatable bonds is 8. The standard InChI is InChI=1S/C15H22FNO2S/c1-11(17-15(19)4-3-9-20-2)10-14(18)12-5-7-13(16)8-6-12/h5-8,11,14,18H,3-4,9-10H2,1-2H3,(H,17,19). The summed E-state index contributed by atoms with van der Waals surface area (Å²) in [4.78, 5) is 11.6. The monoisotopic (exact) mass is 299 g/mol. The molecule has 2 atom stereocenters. The second-order valence-electron chi connectivity index (χ2n) is 4.87. The topological polar surface area (TPSA) is 49.3 Å². The molecule has 0 bridgehead atoms. The maximum atomic E-state index is 12.8. The molecule has 2 N–H and O–H groups in total.